The minimum atomic E-state index is -5.03. The fourth-order valence-corrected chi connectivity index (χ4v) is 0.843. The summed E-state index contributed by atoms with van der Waals surface area (Å²) in [7, 11) is 0. The SMILES string of the molecule is CCC[C@H](F)C(F)(F)CC(F)(F)F. The highest BCUT2D eigenvalue weighted by atomic mass is 19.4. The van der Waals surface area contributed by atoms with Crippen LogP contribution in [-0.2, 0) is 0 Å². The number of alkyl halides is 6. The van der Waals surface area contributed by atoms with Crippen LogP contribution in [0.4, 0.5) is 26.3 Å². The second kappa shape index (κ2) is 4.19. The van der Waals surface area contributed by atoms with E-state index >= 15 is 0 Å². The minimum absolute atomic E-state index is 0.0919. The van der Waals surface area contributed by atoms with Crippen molar-refractivity contribution in [3.8, 4) is 0 Å². The van der Waals surface area contributed by atoms with Gasteiger partial charge >= 0.3 is 6.18 Å². The van der Waals surface area contributed by atoms with Crippen molar-refractivity contribution in [1.82, 2.24) is 0 Å². The molecule has 80 valence electrons. The van der Waals surface area contributed by atoms with Gasteiger partial charge in [0.05, 0.1) is 0 Å². The molecule has 0 fully saturated rings. The highest BCUT2D eigenvalue weighted by molar-refractivity contribution is 4.79. The maximum atomic E-state index is 12.5. The van der Waals surface area contributed by atoms with Crippen molar-refractivity contribution in [2.75, 3.05) is 0 Å². The Morgan fingerprint density at radius 2 is 1.54 bits per heavy atom. The van der Waals surface area contributed by atoms with E-state index in [0.29, 0.717) is 0 Å². The van der Waals surface area contributed by atoms with Crippen molar-refractivity contribution in [1.29, 1.82) is 0 Å². The Kier molecular flexibility index (Phi) is 4.06. The summed E-state index contributed by atoms with van der Waals surface area (Å²) in [6.07, 6.45) is -10.6. The maximum absolute atomic E-state index is 12.5. The average Bonchev–Trinajstić information content (AvgIpc) is 1.82. The lowest BCUT2D eigenvalue weighted by Gasteiger charge is -2.21. The number of halogens is 6. The van der Waals surface area contributed by atoms with E-state index in [0.717, 1.165) is 0 Å². The molecule has 0 spiro atoms. The fraction of sp³-hybridized carbons (Fsp3) is 1.00. The van der Waals surface area contributed by atoms with Crippen molar-refractivity contribution in [3.05, 3.63) is 0 Å². The van der Waals surface area contributed by atoms with E-state index in [1.54, 1.807) is 0 Å². The summed E-state index contributed by atoms with van der Waals surface area (Å²) < 4.78 is 71.8. The monoisotopic (exact) mass is 208 g/mol. The van der Waals surface area contributed by atoms with Crippen LogP contribution in [0.3, 0.4) is 0 Å². The van der Waals surface area contributed by atoms with Crippen LogP contribution in [0.1, 0.15) is 26.2 Å². The molecule has 0 rings (SSSR count). The van der Waals surface area contributed by atoms with Crippen molar-refractivity contribution in [2.45, 2.75) is 44.5 Å². The molecule has 0 radical (unpaired) electrons. The van der Waals surface area contributed by atoms with Gasteiger partial charge in [0.15, 0.2) is 6.17 Å². The summed E-state index contributed by atoms with van der Waals surface area (Å²) >= 11 is 0. The van der Waals surface area contributed by atoms with Crippen LogP contribution in [0, 0.1) is 0 Å². The molecule has 0 saturated heterocycles. The van der Waals surface area contributed by atoms with Gasteiger partial charge in [-0.25, -0.2) is 13.2 Å². The first-order valence-electron chi connectivity index (χ1n) is 3.77. The second-order valence-corrected chi connectivity index (χ2v) is 2.81. The molecule has 0 bridgehead atoms. The molecule has 0 nitrogen and oxygen atoms in total. The molecule has 0 unspecified atom stereocenters. The largest absolute Gasteiger partial charge is 0.394 e. The molecule has 0 aliphatic rings. The first kappa shape index (κ1) is 12.6. The number of rotatable bonds is 4. The smallest absolute Gasteiger partial charge is 0.241 e. The zero-order valence-corrected chi connectivity index (χ0v) is 6.97. The van der Waals surface area contributed by atoms with Crippen LogP contribution in [0.25, 0.3) is 0 Å². The van der Waals surface area contributed by atoms with Gasteiger partial charge in [0, 0.05) is 0 Å². The van der Waals surface area contributed by atoms with E-state index < -0.39 is 31.1 Å². The predicted octanol–water partition coefficient (Wildman–Crippen LogP) is 3.71. The Balaban J connectivity index is 4.21. The van der Waals surface area contributed by atoms with Crippen LogP contribution < -0.4 is 0 Å². The predicted molar refractivity (Wildman–Crippen MR) is 35.4 cm³/mol. The fourth-order valence-electron chi connectivity index (χ4n) is 0.843. The summed E-state index contributed by atoms with van der Waals surface area (Å²) in [4.78, 5) is 0. The molecule has 1 atom stereocenters. The summed E-state index contributed by atoms with van der Waals surface area (Å²) in [5.74, 6) is -4.30. The minimum Gasteiger partial charge on any atom is -0.241 e. The van der Waals surface area contributed by atoms with Crippen molar-refractivity contribution >= 4 is 0 Å². The Morgan fingerprint density at radius 3 is 1.85 bits per heavy atom. The van der Waals surface area contributed by atoms with E-state index in [-0.39, 0.29) is 6.42 Å². The standard InChI is InChI=1S/C7H10F6/c1-2-3-5(8)6(9,10)4-7(11,12)13/h5H,2-4H2,1H3/t5-/m0/s1. The summed E-state index contributed by atoms with van der Waals surface area (Å²) in [5.41, 5.74) is 0. The number of hydrogen-bond acceptors (Lipinski definition) is 0. The third kappa shape index (κ3) is 5.00. The van der Waals surface area contributed by atoms with Gasteiger partial charge in [0.2, 0.25) is 0 Å². The zero-order chi connectivity index (χ0) is 10.7. The lowest BCUT2D eigenvalue weighted by Crippen LogP contribution is -2.35. The van der Waals surface area contributed by atoms with Crippen LogP contribution >= 0.6 is 0 Å². The van der Waals surface area contributed by atoms with E-state index in [9.17, 15) is 26.3 Å². The molecule has 0 aliphatic carbocycles. The van der Waals surface area contributed by atoms with E-state index in [1.807, 2.05) is 0 Å². The molecule has 0 aliphatic heterocycles. The van der Waals surface area contributed by atoms with E-state index in [1.165, 1.54) is 6.92 Å². The summed E-state index contributed by atoms with van der Waals surface area (Å²) in [6, 6.07) is 0. The normalized spacial score (nSPS) is 15.9. The summed E-state index contributed by atoms with van der Waals surface area (Å²) in [5, 5.41) is 0. The van der Waals surface area contributed by atoms with Gasteiger partial charge in [-0.1, -0.05) is 13.3 Å². The third-order valence-electron chi connectivity index (χ3n) is 1.44. The van der Waals surface area contributed by atoms with Gasteiger partial charge < -0.3 is 0 Å². The van der Waals surface area contributed by atoms with Gasteiger partial charge in [0.1, 0.15) is 6.42 Å². The van der Waals surface area contributed by atoms with Crippen LogP contribution in [0.5, 0.6) is 0 Å². The van der Waals surface area contributed by atoms with Crippen LogP contribution in [-0.4, -0.2) is 18.3 Å². The molecule has 0 aromatic heterocycles. The first-order chi connectivity index (χ1) is 5.69. The van der Waals surface area contributed by atoms with E-state index in [2.05, 4.69) is 0 Å². The molecule has 0 aromatic rings. The third-order valence-corrected chi connectivity index (χ3v) is 1.44. The van der Waals surface area contributed by atoms with Gasteiger partial charge in [-0.3, -0.25) is 0 Å². The summed E-state index contributed by atoms with van der Waals surface area (Å²) in [6.45, 7) is 1.43. The molecular weight excluding hydrogens is 198 g/mol. The van der Waals surface area contributed by atoms with Crippen LogP contribution in [0.2, 0.25) is 0 Å². The Hall–Kier alpha value is -0.420. The van der Waals surface area contributed by atoms with Crippen molar-refractivity contribution in [2.24, 2.45) is 0 Å². The van der Waals surface area contributed by atoms with Gasteiger partial charge in [0.25, 0.3) is 5.92 Å². The highest BCUT2D eigenvalue weighted by Gasteiger charge is 2.48. The quantitative estimate of drug-likeness (QED) is 0.618. The number of hydrogen-bond donors (Lipinski definition) is 0. The maximum Gasteiger partial charge on any atom is 0.394 e. The Bertz CT molecular complexity index is 150. The molecule has 13 heavy (non-hydrogen) atoms. The molecule has 0 saturated carbocycles. The molecule has 0 aromatic carbocycles. The van der Waals surface area contributed by atoms with Crippen molar-refractivity contribution < 1.29 is 26.3 Å². The zero-order valence-electron chi connectivity index (χ0n) is 6.97. The van der Waals surface area contributed by atoms with Crippen LogP contribution in [0.15, 0.2) is 0 Å². The molecule has 0 N–H and O–H groups in total. The molecule has 0 heterocycles. The van der Waals surface area contributed by atoms with Gasteiger partial charge in [-0.2, -0.15) is 13.2 Å². The first-order valence-corrected chi connectivity index (χ1v) is 3.77. The molecule has 0 amide bonds. The Morgan fingerprint density at radius 1 is 1.08 bits per heavy atom. The lowest BCUT2D eigenvalue weighted by atomic mass is 10.1. The topological polar surface area (TPSA) is 0 Å². The Labute approximate surface area is 71.9 Å². The van der Waals surface area contributed by atoms with Crippen molar-refractivity contribution in [3.63, 3.8) is 0 Å². The average molecular weight is 208 g/mol. The lowest BCUT2D eigenvalue weighted by molar-refractivity contribution is -0.205. The van der Waals surface area contributed by atoms with Gasteiger partial charge in [-0.15, -0.1) is 0 Å². The van der Waals surface area contributed by atoms with Gasteiger partial charge in [-0.05, 0) is 6.42 Å². The molecule has 6 heteroatoms. The highest BCUT2D eigenvalue weighted by Crippen LogP contribution is 2.36. The van der Waals surface area contributed by atoms with E-state index in [4.69, 9.17) is 0 Å². The second-order valence-electron chi connectivity index (χ2n) is 2.81. The molecular formula is C7H10F6.